The lowest BCUT2D eigenvalue weighted by Gasteiger charge is -2.29. The molecule has 1 saturated heterocycles. The van der Waals surface area contributed by atoms with Crippen molar-refractivity contribution in [2.24, 2.45) is 11.7 Å². The van der Waals surface area contributed by atoms with E-state index in [1.807, 2.05) is 0 Å². The Labute approximate surface area is 147 Å². The number of carbonyl (C=O) groups excluding carboxylic acids is 2. The van der Waals surface area contributed by atoms with Crippen LogP contribution >= 0.6 is 0 Å². The molecule has 1 amide bonds. The molecule has 2 rings (SSSR count). The highest BCUT2D eigenvalue weighted by Crippen LogP contribution is 2.28. The first-order valence-corrected chi connectivity index (χ1v) is 8.53. The van der Waals surface area contributed by atoms with Gasteiger partial charge in [0.1, 0.15) is 19.3 Å². The van der Waals surface area contributed by atoms with Gasteiger partial charge in [0.2, 0.25) is 5.91 Å². The van der Waals surface area contributed by atoms with Gasteiger partial charge in [-0.15, -0.1) is 0 Å². The smallest absolute Gasteiger partial charge is 0.220 e. The number of quaternary nitrogens is 1. The average molecular weight is 351 g/mol. The van der Waals surface area contributed by atoms with Crippen LogP contribution in [0.4, 0.5) is 0 Å². The standard InChI is InChI=1S/C18H26N2O5/c1-12(21)14-3-4-16(17(9-14)24-2)25-11-15(22)10-20-7-5-13(6-8-20)18(19)23/h3-4,9,13,15,22H,5-8,10-11H2,1-2H3,(H2,19,23)/p+1/t15-/m1/s1. The highest BCUT2D eigenvalue weighted by Gasteiger charge is 2.27. The monoisotopic (exact) mass is 351 g/mol. The van der Waals surface area contributed by atoms with Crippen molar-refractivity contribution in [1.29, 1.82) is 0 Å². The first-order chi connectivity index (χ1) is 11.9. The summed E-state index contributed by atoms with van der Waals surface area (Å²) in [5.74, 6) is 0.640. The third kappa shape index (κ3) is 5.44. The summed E-state index contributed by atoms with van der Waals surface area (Å²) in [6.07, 6.45) is 0.897. The van der Waals surface area contributed by atoms with Gasteiger partial charge in [0.25, 0.3) is 0 Å². The summed E-state index contributed by atoms with van der Waals surface area (Å²) in [6, 6.07) is 4.98. The van der Waals surface area contributed by atoms with Gasteiger partial charge in [-0.3, -0.25) is 9.59 Å². The molecule has 0 bridgehead atoms. The number of ketones is 1. The van der Waals surface area contributed by atoms with E-state index in [2.05, 4.69) is 0 Å². The molecular formula is C18H27N2O5+. The Hall–Kier alpha value is -2.12. The molecule has 7 heteroatoms. The number of Topliss-reactive ketones (excluding diaryl/α,β-unsaturated/α-hetero) is 1. The van der Waals surface area contributed by atoms with Crippen LogP contribution in [0.3, 0.4) is 0 Å². The van der Waals surface area contributed by atoms with Crippen molar-refractivity contribution in [2.75, 3.05) is 33.4 Å². The number of benzene rings is 1. The number of methoxy groups -OCH3 is 1. The summed E-state index contributed by atoms with van der Waals surface area (Å²) in [5.41, 5.74) is 5.88. The minimum absolute atomic E-state index is 0.0406. The molecule has 1 aliphatic heterocycles. The molecule has 1 fully saturated rings. The van der Waals surface area contributed by atoms with Crippen molar-refractivity contribution in [2.45, 2.75) is 25.9 Å². The van der Waals surface area contributed by atoms with Crippen LogP contribution in [0.2, 0.25) is 0 Å². The number of carbonyl (C=O) groups is 2. The fraction of sp³-hybridized carbons (Fsp3) is 0.556. The third-order valence-electron chi connectivity index (χ3n) is 4.62. The Morgan fingerprint density at radius 1 is 1.32 bits per heavy atom. The maximum Gasteiger partial charge on any atom is 0.220 e. The summed E-state index contributed by atoms with van der Waals surface area (Å²) < 4.78 is 10.9. The van der Waals surface area contributed by atoms with Crippen molar-refractivity contribution in [3.63, 3.8) is 0 Å². The predicted molar refractivity (Wildman–Crippen MR) is 92.0 cm³/mol. The van der Waals surface area contributed by atoms with Gasteiger partial charge in [-0.25, -0.2) is 0 Å². The fourth-order valence-electron chi connectivity index (χ4n) is 3.10. The number of aliphatic hydroxyl groups excluding tert-OH is 1. The number of ether oxygens (including phenoxy) is 2. The Bertz CT molecular complexity index is 611. The highest BCUT2D eigenvalue weighted by atomic mass is 16.5. The summed E-state index contributed by atoms with van der Waals surface area (Å²) in [6.45, 7) is 3.82. The van der Waals surface area contributed by atoms with E-state index in [9.17, 15) is 14.7 Å². The number of piperidine rings is 1. The van der Waals surface area contributed by atoms with Crippen LogP contribution in [0.1, 0.15) is 30.1 Å². The maximum absolute atomic E-state index is 11.4. The van der Waals surface area contributed by atoms with Crippen LogP contribution in [0, 0.1) is 5.92 Å². The number of hydrogen-bond acceptors (Lipinski definition) is 5. The summed E-state index contributed by atoms with van der Waals surface area (Å²) in [5, 5.41) is 10.2. The molecule has 1 atom stereocenters. The lowest BCUT2D eigenvalue weighted by Crippen LogP contribution is -3.14. The molecule has 0 unspecified atom stereocenters. The van der Waals surface area contributed by atoms with Gasteiger partial charge < -0.3 is 25.2 Å². The van der Waals surface area contributed by atoms with E-state index in [1.165, 1.54) is 18.9 Å². The van der Waals surface area contributed by atoms with Crippen molar-refractivity contribution in [3.8, 4) is 11.5 Å². The number of rotatable bonds is 8. The Morgan fingerprint density at radius 2 is 2.00 bits per heavy atom. The summed E-state index contributed by atoms with van der Waals surface area (Å²) in [4.78, 5) is 23.8. The molecule has 4 N–H and O–H groups in total. The zero-order chi connectivity index (χ0) is 18.4. The molecule has 0 spiro atoms. The molecule has 1 aromatic carbocycles. The van der Waals surface area contributed by atoms with E-state index in [0.29, 0.717) is 23.6 Å². The molecule has 7 nitrogen and oxygen atoms in total. The Morgan fingerprint density at radius 3 is 2.56 bits per heavy atom. The number of amides is 1. The summed E-state index contributed by atoms with van der Waals surface area (Å²) in [7, 11) is 1.51. The van der Waals surface area contributed by atoms with E-state index >= 15 is 0 Å². The molecule has 1 aromatic rings. The quantitative estimate of drug-likeness (QED) is 0.544. The van der Waals surface area contributed by atoms with Crippen LogP contribution in [-0.4, -0.2) is 56.3 Å². The van der Waals surface area contributed by atoms with Gasteiger partial charge in [-0.2, -0.15) is 0 Å². The minimum Gasteiger partial charge on any atom is -0.493 e. The molecule has 0 saturated carbocycles. The van der Waals surface area contributed by atoms with Gasteiger partial charge in [-0.05, 0) is 25.1 Å². The molecule has 0 aromatic heterocycles. The van der Waals surface area contributed by atoms with Crippen LogP contribution in [0.5, 0.6) is 11.5 Å². The first kappa shape index (κ1) is 19.2. The maximum atomic E-state index is 11.4. The first-order valence-electron chi connectivity index (χ1n) is 8.53. The van der Waals surface area contributed by atoms with E-state index in [1.54, 1.807) is 18.2 Å². The Kier molecular flexibility index (Phi) is 6.78. The number of aliphatic hydroxyl groups is 1. The van der Waals surface area contributed by atoms with Crippen molar-refractivity contribution in [3.05, 3.63) is 23.8 Å². The number of likely N-dealkylation sites (tertiary alicyclic amines) is 1. The van der Waals surface area contributed by atoms with Crippen LogP contribution in [0.15, 0.2) is 18.2 Å². The zero-order valence-corrected chi connectivity index (χ0v) is 14.8. The molecule has 0 aliphatic carbocycles. The van der Waals surface area contributed by atoms with Crippen molar-refractivity contribution < 1.29 is 29.1 Å². The van der Waals surface area contributed by atoms with Crippen LogP contribution < -0.4 is 20.1 Å². The van der Waals surface area contributed by atoms with E-state index in [4.69, 9.17) is 15.2 Å². The zero-order valence-electron chi connectivity index (χ0n) is 14.8. The normalized spacial score (nSPS) is 21.4. The van der Waals surface area contributed by atoms with Crippen molar-refractivity contribution >= 4 is 11.7 Å². The largest absolute Gasteiger partial charge is 0.493 e. The Balaban J connectivity index is 1.83. The topological polar surface area (TPSA) is 103 Å². The number of nitrogens with two attached hydrogens (primary N) is 1. The minimum atomic E-state index is -0.627. The number of primary amides is 1. The lowest BCUT2D eigenvalue weighted by atomic mass is 9.96. The second-order valence-electron chi connectivity index (χ2n) is 6.52. The molecule has 1 heterocycles. The van der Waals surface area contributed by atoms with Gasteiger partial charge >= 0.3 is 0 Å². The molecular weight excluding hydrogens is 324 g/mol. The fourth-order valence-corrected chi connectivity index (χ4v) is 3.10. The molecule has 0 radical (unpaired) electrons. The van der Waals surface area contributed by atoms with Crippen LogP contribution in [-0.2, 0) is 4.79 Å². The second-order valence-corrected chi connectivity index (χ2v) is 6.52. The average Bonchev–Trinajstić information content (AvgIpc) is 2.60. The van der Waals surface area contributed by atoms with E-state index in [0.717, 1.165) is 25.9 Å². The van der Waals surface area contributed by atoms with Crippen LogP contribution in [0.25, 0.3) is 0 Å². The number of hydrogen-bond donors (Lipinski definition) is 3. The van der Waals surface area contributed by atoms with Crippen molar-refractivity contribution in [1.82, 2.24) is 0 Å². The van der Waals surface area contributed by atoms with Gasteiger partial charge in [0, 0.05) is 24.3 Å². The van der Waals surface area contributed by atoms with Gasteiger partial charge in [-0.1, -0.05) is 0 Å². The predicted octanol–water partition coefficient (Wildman–Crippen LogP) is -0.582. The van der Waals surface area contributed by atoms with E-state index in [-0.39, 0.29) is 24.2 Å². The SMILES string of the molecule is COc1cc(C(C)=O)ccc1OC[C@H](O)C[NH+]1CCC(C(N)=O)CC1. The molecule has 138 valence electrons. The van der Waals surface area contributed by atoms with Gasteiger partial charge in [0.05, 0.1) is 20.2 Å². The van der Waals surface area contributed by atoms with E-state index < -0.39 is 6.10 Å². The lowest BCUT2D eigenvalue weighted by molar-refractivity contribution is -0.908. The molecule has 1 aliphatic rings. The summed E-state index contributed by atoms with van der Waals surface area (Å²) >= 11 is 0. The third-order valence-corrected chi connectivity index (χ3v) is 4.62. The second kappa shape index (κ2) is 8.82. The van der Waals surface area contributed by atoms with Gasteiger partial charge in [0.15, 0.2) is 17.3 Å². The number of nitrogens with one attached hydrogen (secondary N) is 1. The highest BCUT2D eigenvalue weighted by molar-refractivity contribution is 5.94. The molecule has 25 heavy (non-hydrogen) atoms.